The molecule has 2 N–H and O–H groups in total. The van der Waals surface area contributed by atoms with Crippen molar-refractivity contribution < 1.29 is 14.3 Å². The zero-order chi connectivity index (χ0) is 16.1. The number of esters is 1. The number of aryl methyl sites for hydroxylation is 1. The van der Waals surface area contributed by atoms with Crippen LogP contribution < -0.4 is 10.6 Å². The van der Waals surface area contributed by atoms with Crippen LogP contribution in [-0.2, 0) is 4.74 Å². The normalized spacial score (nSPS) is 9.91. The molecule has 0 aliphatic heterocycles. The van der Waals surface area contributed by atoms with Gasteiger partial charge >= 0.3 is 5.97 Å². The Labute approximate surface area is 137 Å². The lowest BCUT2D eigenvalue weighted by Crippen LogP contribution is -2.34. The number of hydrogen-bond donors (Lipinski definition) is 2. The summed E-state index contributed by atoms with van der Waals surface area (Å²) in [7, 11) is 1.32. The van der Waals surface area contributed by atoms with Crippen LogP contribution in [-0.4, -0.2) is 24.1 Å². The summed E-state index contributed by atoms with van der Waals surface area (Å²) in [6, 6.07) is 8.74. The van der Waals surface area contributed by atoms with Crippen molar-refractivity contribution in [2.45, 2.75) is 6.92 Å². The van der Waals surface area contributed by atoms with E-state index in [4.69, 9.17) is 17.0 Å². The van der Waals surface area contributed by atoms with E-state index in [2.05, 4.69) is 10.6 Å². The fourth-order valence-electron chi connectivity index (χ4n) is 1.75. The lowest BCUT2D eigenvalue weighted by Gasteiger charge is -2.11. The first kappa shape index (κ1) is 16.1. The summed E-state index contributed by atoms with van der Waals surface area (Å²) in [6.07, 6.45) is 0. The Morgan fingerprint density at radius 1 is 1.23 bits per heavy atom. The molecule has 0 radical (unpaired) electrons. The van der Waals surface area contributed by atoms with E-state index in [1.165, 1.54) is 18.4 Å². The number of amides is 1. The maximum Gasteiger partial charge on any atom is 0.350 e. The van der Waals surface area contributed by atoms with Gasteiger partial charge in [0.05, 0.1) is 12.8 Å². The molecule has 1 aromatic carbocycles. The van der Waals surface area contributed by atoms with Crippen molar-refractivity contribution in [2.75, 3.05) is 12.4 Å². The molecular formula is C15H14N2O3S2. The molecule has 0 unspecified atom stereocenters. The van der Waals surface area contributed by atoms with Crippen LogP contribution in [0.5, 0.6) is 0 Å². The average Bonchev–Trinajstić information content (AvgIpc) is 2.88. The van der Waals surface area contributed by atoms with Crippen LogP contribution in [0.1, 0.15) is 25.6 Å². The Bertz CT molecular complexity index is 711. The molecule has 0 saturated heterocycles. The topological polar surface area (TPSA) is 67.4 Å². The predicted octanol–water partition coefficient (Wildman–Crippen LogP) is 2.97. The van der Waals surface area contributed by atoms with Crippen molar-refractivity contribution in [3.63, 3.8) is 0 Å². The highest BCUT2D eigenvalue weighted by Gasteiger charge is 2.18. The van der Waals surface area contributed by atoms with Crippen LogP contribution in [0.2, 0.25) is 0 Å². The first-order valence-corrected chi connectivity index (χ1v) is 7.65. The summed E-state index contributed by atoms with van der Waals surface area (Å²) < 4.78 is 4.72. The van der Waals surface area contributed by atoms with Gasteiger partial charge in [0.1, 0.15) is 4.88 Å². The third-order valence-electron chi connectivity index (χ3n) is 2.85. The zero-order valence-corrected chi connectivity index (χ0v) is 13.6. The van der Waals surface area contributed by atoms with Crippen molar-refractivity contribution in [3.05, 3.63) is 51.7 Å². The monoisotopic (exact) mass is 334 g/mol. The Balaban J connectivity index is 2.08. The van der Waals surface area contributed by atoms with E-state index in [-0.39, 0.29) is 11.0 Å². The SMILES string of the molecule is COC(=O)c1scc(C)c1NC(=S)NC(=O)c1ccccc1. The highest BCUT2D eigenvalue weighted by Crippen LogP contribution is 2.28. The van der Waals surface area contributed by atoms with Crippen molar-refractivity contribution in [1.29, 1.82) is 0 Å². The summed E-state index contributed by atoms with van der Waals surface area (Å²) in [5, 5.41) is 7.40. The third-order valence-corrected chi connectivity index (χ3v) is 4.13. The van der Waals surface area contributed by atoms with Gasteiger partial charge in [-0.05, 0) is 42.2 Å². The van der Waals surface area contributed by atoms with Gasteiger partial charge in [-0.25, -0.2) is 4.79 Å². The van der Waals surface area contributed by atoms with Crippen LogP contribution in [0.3, 0.4) is 0 Å². The molecule has 0 atom stereocenters. The number of nitrogens with one attached hydrogen (secondary N) is 2. The quantitative estimate of drug-likeness (QED) is 0.667. The summed E-state index contributed by atoms with van der Waals surface area (Å²) in [4.78, 5) is 24.1. The number of carbonyl (C=O) groups is 2. The number of thiocarbonyl (C=S) groups is 1. The molecule has 1 heterocycles. The maximum atomic E-state index is 12.0. The van der Waals surface area contributed by atoms with Crippen LogP contribution in [0.25, 0.3) is 0 Å². The first-order valence-electron chi connectivity index (χ1n) is 6.36. The van der Waals surface area contributed by atoms with Crippen molar-refractivity contribution in [2.24, 2.45) is 0 Å². The van der Waals surface area contributed by atoms with Gasteiger partial charge < -0.3 is 10.1 Å². The van der Waals surface area contributed by atoms with E-state index >= 15 is 0 Å². The first-order chi connectivity index (χ1) is 10.5. The minimum Gasteiger partial charge on any atom is -0.465 e. The van der Waals surface area contributed by atoms with E-state index in [1.54, 1.807) is 24.3 Å². The maximum absolute atomic E-state index is 12.0. The van der Waals surface area contributed by atoms with Gasteiger partial charge in [0.15, 0.2) is 5.11 Å². The fourth-order valence-corrected chi connectivity index (χ4v) is 2.87. The van der Waals surface area contributed by atoms with Crippen LogP contribution >= 0.6 is 23.6 Å². The van der Waals surface area contributed by atoms with Gasteiger partial charge in [-0.1, -0.05) is 18.2 Å². The number of benzene rings is 1. The molecule has 22 heavy (non-hydrogen) atoms. The summed E-state index contributed by atoms with van der Waals surface area (Å²) in [6.45, 7) is 1.84. The smallest absolute Gasteiger partial charge is 0.350 e. The van der Waals surface area contributed by atoms with Gasteiger partial charge in [0.2, 0.25) is 0 Å². The van der Waals surface area contributed by atoms with Gasteiger partial charge in [0, 0.05) is 5.56 Å². The van der Waals surface area contributed by atoms with Gasteiger partial charge in [-0.2, -0.15) is 0 Å². The molecule has 0 fully saturated rings. The minimum absolute atomic E-state index is 0.125. The molecule has 114 valence electrons. The van der Waals surface area contributed by atoms with Crippen LogP contribution in [0.15, 0.2) is 35.7 Å². The van der Waals surface area contributed by atoms with Crippen LogP contribution in [0, 0.1) is 6.92 Å². The summed E-state index contributed by atoms with van der Waals surface area (Å²) >= 11 is 6.39. The van der Waals surface area contributed by atoms with Crippen molar-refractivity contribution in [3.8, 4) is 0 Å². The summed E-state index contributed by atoms with van der Waals surface area (Å²) in [5.74, 6) is -0.761. The number of ether oxygens (including phenoxy) is 1. The minimum atomic E-state index is -0.446. The molecule has 0 aliphatic carbocycles. The van der Waals surface area contributed by atoms with E-state index < -0.39 is 5.97 Å². The van der Waals surface area contributed by atoms with Gasteiger partial charge in [0.25, 0.3) is 5.91 Å². The Morgan fingerprint density at radius 3 is 2.55 bits per heavy atom. The predicted molar refractivity (Wildman–Crippen MR) is 90.5 cm³/mol. The highest BCUT2D eigenvalue weighted by atomic mass is 32.1. The van der Waals surface area contributed by atoms with Gasteiger partial charge in [-0.15, -0.1) is 11.3 Å². The van der Waals surface area contributed by atoms with E-state index in [0.717, 1.165) is 5.56 Å². The van der Waals surface area contributed by atoms with E-state index in [9.17, 15) is 9.59 Å². The average molecular weight is 334 g/mol. The third kappa shape index (κ3) is 3.69. The number of carbonyl (C=O) groups excluding carboxylic acids is 2. The molecule has 0 aliphatic rings. The van der Waals surface area contributed by atoms with Crippen molar-refractivity contribution in [1.82, 2.24) is 5.32 Å². The standard InChI is InChI=1S/C15H14N2O3S2/c1-9-8-22-12(14(19)20-2)11(9)16-15(21)17-13(18)10-6-4-3-5-7-10/h3-8H,1-2H3,(H2,16,17,18,21). The second-order valence-corrected chi connectivity index (χ2v) is 5.68. The fraction of sp³-hybridized carbons (Fsp3) is 0.133. The van der Waals surface area contributed by atoms with Crippen LogP contribution in [0.4, 0.5) is 5.69 Å². The second-order valence-electron chi connectivity index (χ2n) is 4.39. The highest BCUT2D eigenvalue weighted by molar-refractivity contribution is 7.80. The number of thiophene rings is 1. The van der Waals surface area contributed by atoms with E-state index in [0.29, 0.717) is 16.1 Å². The molecule has 1 amide bonds. The Hall–Kier alpha value is -2.25. The lowest BCUT2D eigenvalue weighted by atomic mass is 10.2. The van der Waals surface area contributed by atoms with E-state index in [1.807, 2.05) is 18.4 Å². The Morgan fingerprint density at radius 2 is 1.91 bits per heavy atom. The molecule has 2 aromatic rings. The molecule has 7 heteroatoms. The molecular weight excluding hydrogens is 320 g/mol. The molecule has 0 spiro atoms. The number of rotatable bonds is 3. The number of methoxy groups -OCH3 is 1. The Kier molecular flexibility index (Phi) is 5.24. The molecule has 0 bridgehead atoms. The van der Waals surface area contributed by atoms with Crippen molar-refractivity contribution >= 4 is 46.2 Å². The molecule has 1 aromatic heterocycles. The number of anilines is 1. The molecule has 2 rings (SSSR count). The molecule has 5 nitrogen and oxygen atoms in total. The summed E-state index contributed by atoms with van der Waals surface area (Å²) in [5.41, 5.74) is 1.90. The lowest BCUT2D eigenvalue weighted by molar-refractivity contribution is 0.0607. The molecule has 0 saturated carbocycles. The largest absolute Gasteiger partial charge is 0.465 e. The second kappa shape index (κ2) is 7.15. The zero-order valence-electron chi connectivity index (χ0n) is 12.0. The van der Waals surface area contributed by atoms with Gasteiger partial charge in [-0.3, -0.25) is 10.1 Å². The number of hydrogen-bond acceptors (Lipinski definition) is 5.